The number of benzene rings is 5. The van der Waals surface area contributed by atoms with Crippen LogP contribution < -0.4 is 28.9 Å². The van der Waals surface area contributed by atoms with Crippen molar-refractivity contribution in [2.24, 2.45) is 9.98 Å². The van der Waals surface area contributed by atoms with Crippen LogP contribution >= 0.6 is 21.6 Å². The summed E-state index contributed by atoms with van der Waals surface area (Å²) in [6.07, 6.45) is 5.95. The average molecular weight is 1060 g/mol. The maximum absolute atomic E-state index is 14.1. The number of hydrogen-bond acceptors (Lipinski definition) is 14. The SMILES string of the molecule is CCC(=O)C(CCSSC(C)(C)CCC(=O)N(C)c1cc(COc2cc3c(cc2C)C(=O)N2c4ccccc4C[C@H]2C=N3)cc(COc2cc3c(cc2OC)C(=O)N2c4ccccc4C[C@H]2C=N3)c1)S(=O)(=O)OC. The first-order chi connectivity index (χ1) is 35.5. The molecule has 0 bridgehead atoms. The molecular formula is C56H59N5O10S3. The monoisotopic (exact) mass is 1060 g/mol. The summed E-state index contributed by atoms with van der Waals surface area (Å²) < 4.78 is 48.0. The molecule has 5 aromatic carbocycles. The number of carbonyl (C=O) groups excluding carboxylic acids is 4. The molecule has 386 valence electrons. The number of rotatable bonds is 20. The lowest BCUT2D eigenvalue weighted by Crippen LogP contribution is -2.37. The Kier molecular flexibility index (Phi) is 15.4. The number of methoxy groups -OCH3 is 1. The Morgan fingerprint density at radius 1 is 0.784 bits per heavy atom. The molecule has 0 saturated heterocycles. The number of hydrogen-bond donors (Lipinski definition) is 0. The Morgan fingerprint density at radius 2 is 1.34 bits per heavy atom. The summed E-state index contributed by atoms with van der Waals surface area (Å²) in [5, 5.41) is -1.22. The number of aliphatic imine (C=N–C) groups is 2. The average Bonchev–Trinajstić information content (AvgIpc) is 3.89. The van der Waals surface area contributed by atoms with Gasteiger partial charge in [0.25, 0.3) is 21.9 Å². The van der Waals surface area contributed by atoms with Crippen molar-refractivity contribution in [3.63, 3.8) is 0 Å². The van der Waals surface area contributed by atoms with Gasteiger partial charge in [0.1, 0.15) is 24.2 Å². The third kappa shape index (κ3) is 10.9. The van der Waals surface area contributed by atoms with E-state index in [2.05, 4.69) is 4.18 Å². The third-order valence-corrected chi connectivity index (χ3v) is 18.9. The highest BCUT2D eigenvalue weighted by Gasteiger charge is 2.38. The van der Waals surface area contributed by atoms with Crippen LogP contribution in [-0.2, 0) is 49.9 Å². The van der Waals surface area contributed by atoms with E-state index in [0.717, 1.165) is 46.3 Å². The van der Waals surface area contributed by atoms with Crippen LogP contribution in [0.5, 0.6) is 17.2 Å². The van der Waals surface area contributed by atoms with Crippen LogP contribution in [0.25, 0.3) is 0 Å². The number of fused-ring (bicyclic) bond motifs is 8. The molecule has 15 nitrogen and oxygen atoms in total. The molecule has 0 fully saturated rings. The summed E-state index contributed by atoms with van der Waals surface area (Å²) in [6.45, 7) is 7.76. The summed E-state index contributed by atoms with van der Waals surface area (Å²) in [4.78, 5) is 69.4. The zero-order valence-corrected chi connectivity index (χ0v) is 44.9. The van der Waals surface area contributed by atoms with E-state index in [1.54, 1.807) is 52.8 Å². The molecule has 9 rings (SSSR count). The molecule has 0 N–H and O–H groups in total. The highest BCUT2D eigenvalue weighted by atomic mass is 33.1. The molecule has 3 amide bonds. The minimum atomic E-state index is -4.00. The van der Waals surface area contributed by atoms with E-state index in [-0.39, 0.29) is 72.8 Å². The predicted molar refractivity (Wildman–Crippen MR) is 293 cm³/mol. The topological polar surface area (TPSA) is 174 Å². The zero-order chi connectivity index (χ0) is 52.5. The predicted octanol–water partition coefficient (Wildman–Crippen LogP) is 10.4. The van der Waals surface area contributed by atoms with E-state index in [0.29, 0.717) is 70.5 Å². The van der Waals surface area contributed by atoms with Gasteiger partial charge in [0.05, 0.1) is 48.8 Å². The van der Waals surface area contributed by atoms with Crippen LogP contribution in [0, 0.1) is 6.92 Å². The number of nitrogens with zero attached hydrogens (tertiary/aromatic N) is 5. The number of aryl methyl sites for hydroxylation is 1. The van der Waals surface area contributed by atoms with Gasteiger partial charge in [-0.05, 0) is 104 Å². The summed E-state index contributed by atoms with van der Waals surface area (Å²) in [6, 6.07) is 28.2. The van der Waals surface area contributed by atoms with Gasteiger partial charge in [-0.15, -0.1) is 0 Å². The fraction of sp³-hybridized carbons (Fsp3) is 0.357. The summed E-state index contributed by atoms with van der Waals surface area (Å²) in [5.74, 6) is 0.916. The van der Waals surface area contributed by atoms with Gasteiger partial charge >= 0.3 is 0 Å². The van der Waals surface area contributed by atoms with Crippen molar-refractivity contribution in [1.29, 1.82) is 0 Å². The van der Waals surface area contributed by atoms with Gasteiger partial charge in [0.2, 0.25) is 5.91 Å². The minimum Gasteiger partial charge on any atom is -0.493 e. The number of amides is 3. The first-order valence-corrected chi connectivity index (χ1v) is 28.3. The van der Waals surface area contributed by atoms with Gasteiger partial charge in [-0.1, -0.05) is 64.9 Å². The molecule has 0 saturated carbocycles. The Balaban J connectivity index is 0.933. The molecule has 1 unspecified atom stereocenters. The molecule has 4 heterocycles. The Bertz CT molecular complexity index is 3210. The second-order valence-corrected chi connectivity index (χ2v) is 24.3. The van der Waals surface area contributed by atoms with Crippen LogP contribution in [0.15, 0.2) is 101 Å². The molecule has 18 heteroatoms. The van der Waals surface area contributed by atoms with Gasteiger partial charge in [0, 0.05) is 84.9 Å². The highest BCUT2D eigenvalue weighted by Crippen LogP contribution is 2.43. The van der Waals surface area contributed by atoms with E-state index in [4.69, 9.17) is 24.2 Å². The Morgan fingerprint density at radius 3 is 1.91 bits per heavy atom. The lowest BCUT2D eigenvalue weighted by Gasteiger charge is -2.25. The fourth-order valence-corrected chi connectivity index (χ4v) is 13.7. The van der Waals surface area contributed by atoms with Gasteiger partial charge in [0.15, 0.2) is 17.3 Å². The molecule has 4 aliphatic rings. The highest BCUT2D eigenvalue weighted by molar-refractivity contribution is 8.77. The van der Waals surface area contributed by atoms with E-state index in [1.165, 1.54) is 17.9 Å². The van der Waals surface area contributed by atoms with E-state index >= 15 is 0 Å². The van der Waals surface area contributed by atoms with Gasteiger partial charge in [-0.25, -0.2) is 0 Å². The fourth-order valence-electron chi connectivity index (χ4n) is 9.74. The lowest BCUT2D eigenvalue weighted by atomic mass is 10.1. The van der Waals surface area contributed by atoms with E-state index in [9.17, 15) is 27.6 Å². The molecule has 74 heavy (non-hydrogen) atoms. The lowest BCUT2D eigenvalue weighted by molar-refractivity contribution is -0.119. The normalized spacial score (nSPS) is 16.8. The maximum Gasteiger partial charge on any atom is 0.277 e. The number of Topliss-reactive ketones (excluding diaryl/α,β-unsaturated/α-hetero) is 1. The van der Waals surface area contributed by atoms with Gasteiger partial charge < -0.3 is 19.1 Å². The molecule has 5 aromatic rings. The van der Waals surface area contributed by atoms with Crippen LogP contribution in [0.4, 0.5) is 28.4 Å². The molecule has 0 aliphatic carbocycles. The molecule has 0 radical (unpaired) electrons. The van der Waals surface area contributed by atoms with Crippen molar-refractivity contribution in [2.75, 3.05) is 41.7 Å². The zero-order valence-electron chi connectivity index (χ0n) is 42.5. The number of para-hydroxylation sites is 2. The van der Waals surface area contributed by atoms with Crippen molar-refractivity contribution in [3.8, 4) is 17.2 Å². The molecule has 4 aliphatic heterocycles. The molecule has 3 atom stereocenters. The van der Waals surface area contributed by atoms with Gasteiger partial charge in [-0.3, -0.25) is 43.1 Å². The second-order valence-electron chi connectivity index (χ2n) is 19.3. The Labute approximate surface area is 440 Å². The summed E-state index contributed by atoms with van der Waals surface area (Å²) in [5.41, 5.74) is 8.69. The molecule has 0 aromatic heterocycles. The summed E-state index contributed by atoms with van der Waals surface area (Å²) in [7, 11) is 3.33. The first-order valence-electron chi connectivity index (χ1n) is 24.5. The van der Waals surface area contributed by atoms with Crippen LogP contribution in [-0.4, -0.2) is 93.5 Å². The van der Waals surface area contributed by atoms with Crippen molar-refractivity contribution < 1.29 is 46.0 Å². The number of carbonyl (C=O) groups is 4. The smallest absolute Gasteiger partial charge is 0.277 e. The second kappa shape index (κ2) is 21.8. The quantitative estimate of drug-likeness (QED) is 0.0411. The van der Waals surface area contributed by atoms with Gasteiger partial charge in [-0.2, -0.15) is 8.42 Å². The number of anilines is 3. The van der Waals surface area contributed by atoms with Crippen LogP contribution in [0.3, 0.4) is 0 Å². The van der Waals surface area contributed by atoms with Crippen LogP contribution in [0.2, 0.25) is 0 Å². The summed E-state index contributed by atoms with van der Waals surface area (Å²) >= 11 is 0. The third-order valence-electron chi connectivity index (χ3n) is 13.8. The van der Waals surface area contributed by atoms with Crippen LogP contribution in [0.1, 0.15) is 95.0 Å². The Hall–Kier alpha value is -6.47. The first kappa shape index (κ1) is 52.4. The largest absolute Gasteiger partial charge is 0.493 e. The van der Waals surface area contributed by atoms with E-state index < -0.39 is 15.4 Å². The minimum absolute atomic E-state index is 0.0601. The number of ether oxygens (including phenoxy) is 3. The van der Waals surface area contributed by atoms with Crippen molar-refractivity contribution in [2.45, 2.75) is 102 Å². The standard InChI is InChI=1S/C56H59N5O10S3/c1-8-48(62)52(74(66,67)69-7)18-20-72-73-56(3,4)19-17-53(63)59(5)39-23-35(32-70-49-28-44-42(21-34(49)2)54(64)60-40(30-57-44)25-37-13-9-11-15-46(37)60)22-36(24-39)33-71-51-29-45-43(27-50(51)68-6)55(65)61-41(31-58-45)26-38-14-10-12-16-47(38)61/h9-16,21-24,27-31,40-41,52H,8,17-20,25-26,32-33H2,1-7H3/t40-,41-,52?/m0/s1. The van der Waals surface area contributed by atoms with Crippen molar-refractivity contribution in [1.82, 2.24) is 0 Å². The van der Waals surface area contributed by atoms with Crippen molar-refractivity contribution >= 4 is 96.1 Å². The molecular weight excluding hydrogens is 999 g/mol. The van der Waals surface area contributed by atoms with Crippen molar-refractivity contribution in [3.05, 3.63) is 130 Å². The number of ketones is 1. The molecule has 0 spiro atoms. The van der Waals surface area contributed by atoms with E-state index in [1.807, 2.05) is 111 Å². The maximum atomic E-state index is 14.1.